The Kier molecular flexibility index (Phi) is 9.17. The number of fused-ring (bicyclic) bond motifs is 1. The molecule has 1 aliphatic heterocycles. The monoisotopic (exact) mass is 437 g/mol. The quantitative estimate of drug-likeness (QED) is 0.351. The Morgan fingerprint density at radius 3 is 2.47 bits per heavy atom. The number of carbonyl (C=O) groups excluding carboxylic acids is 1. The first-order valence-corrected chi connectivity index (χ1v) is 11.6. The molecule has 1 aliphatic rings. The Bertz CT molecular complexity index is 904. The van der Waals surface area contributed by atoms with Crippen LogP contribution in [0.3, 0.4) is 0 Å². The van der Waals surface area contributed by atoms with Gasteiger partial charge in [0.15, 0.2) is 0 Å². The second-order valence-corrected chi connectivity index (χ2v) is 8.01. The zero-order chi connectivity index (χ0) is 22.8. The summed E-state index contributed by atoms with van der Waals surface area (Å²) in [5, 5.41) is 0. The molecule has 0 fully saturated rings. The van der Waals surface area contributed by atoms with Gasteiger partial charge in [-0.15, -0.1) is 0 Å². The number of methoxy groups -OCH3 is 1. The number of hydrogen-bond acceptors (Lipinski definition) is 5. The molecule has 0 radical (unpaired) electrons. The number of benzene rings is 2. The van der Waals surface area contributed by atoms with Crippen molar-refractivity contribution in [3.05, 3.63) is 53.6 Å². The summed E-state index contributed by atoms with van der Waals surface area (Å²) in [6.07, 6.45) is 5.76. The highest BCUT2D eigenvalue weighted by molar-refractivity contribution is 5.95. The Hall–Kier alpha value is -2.79. The Morgan fingerprint density at radius 1 is 0.969 bits per heavy atom. The standard InChI is InChI=1S/C27H35NO4/c1-4-14-28-15-6-7-23(27(29)30-3)20-24-19-22(10-13-26(24)28)21-8-11-25(12-9-21)32-18-17-31-16-5-2/h8-13,19-20H,4-7,14-18H2,1-3H3. The summed E-state index contributed by atoms with van der Waals surface area (Å²) >= 11 is 0. The van der Waals surface area contributed by atoms with Crippen LogP contribution in [0.4, 0.5) is 5.69 Å². The topological polar surface area (TPSA) is 48.0 Å². The lowest BCUT2D eigenvalue weighted by Gasteiger charge is -2.28. The van der Waals surface area contributed by atoms with E-state index in [-0.39, 0.29) is 5.97 Å². The van der Waals surface area contributed by atoms with E-state index in [0.717, 1.165) is 73.4 Å². The van der Waals surface area contributed by atoms with Gasteiger partial charge in [0, 0.05) is 31.0 Å². The maximum atomic E-state index is 12.3. The third-order valence-corrected chi connectivity index (χ3v) is 5.55. The van der Waals surface area contributed by atoms with Crippen LogP contribution >= 0.6 is 0 Å². The van der Waals surface area contributed by atoms with Gasteiger partial charge in [-0.1, -0.05) is 32.0 Å². The summed E-state index contributed by atoms with van der Waals surface area (Å²) in [4.78, 5) is 14.7. The Labute approximate surface area is 192 Å². The average Bonchev–Trinajstić information content (AvgIpc) is 2.81. The fraction of sp³-hybridized carbons (Fsp3) is 0.444. The minimum atomic E-state index is -0.241. The molecule has 1 heterocycles. The maximum absolute atomic E-state index is 12.3. The number of rotatable bonds is 10. The largest absolute Gasteiger partial charge is 0.491 e. The summed E-state index contributed by atoms with van der Waals surface area (Å²) in [6, 6.07) is 14.6. The van der Waals surface area contributed by atoms with Crippen LogP contribution in [-0.2, 0) is 14.3 Å². The molecule has 0 bridgehead atoms. The lowest BCUT2D eigenvalue weighted by molar-refractivity contribution is -0.136. The van der Waals surface area contributed by atoms with Gasteiger partial charge in [-0.3, -0.25) is 0 Å². The van der Waals surface area contributed by atoms with Crippen molar-refractivity contribution in [1.29, 1.82) is 0 Å². The van der Waals surface area contributed by atoms with E-state index in [1.807, 2.05) is 18.2 Å². The van der Waals surface area contributed by atoms with Gasteiger partial charge in [-0.05, 0) is 72.7 Å². The van der Waals surface area contributed by atoms with Crippen LogP contribution in [0.5, 0.6) is 5.75 Å². The summed E-state index contributed by atoms with van der Waals surface area (Å²) in [7, 11) is 1.45. The minimum absolute atomic E-state index is 0.241. The molecular formula is C27H35NO4. The molecule has 172 valence electrons. The molecule has 2 aromatic rings. The fourth-order valence-corrected chi connectivity index (χ4v) is 3.98. The van der Waals surface area contributed by atoms with Gasteiger partial charge < -0.3 is 19.1 Å². The number of ether oxygens (including phenoxy) is 3. The van der Waals surface area contributed by atoms with Gasteiger partial charge in [0.1, 0.15) is 12.4 Å². The van der Waals surface area contributed by atoms with E-state index in [2.05, 4.69) is 49.1 Å². The van der Waals surface area contributed by atoms with Gasteiger partial charge >= 0.3 is 5.97 Å². The third-order valence-electron chi connectivity index (χ3n) is 5.55. The Balaban J connectivity index is 1.83. The zero-order valence-electron chi connectivity index (χ0n) is 19.6. The SMILES string of the molecule is CCCOCCOc1ccc(-c2ccc3c(c2)C=C(C(=O)OC)CCCN3CCC)cc1. The summed E-state index contributed by atoms with van der Waals surface area (Å²) in [5.41, 5.74) is 5.18. The van der Waals surface area contributed by atoms with Crippen LogP contribution in [0.15, 0.2) is 48.0 Å². The van der Waals surface area contributed by atoms with Crippen LogP contribution < -0.4 is 9.64 Å². The highest BCUT2D eigenvalue weighted by Gasteiger charge is 2.18. The molecular weight excluding hydrogens is 402 g/mol. The normalized spacial score (nSPS) is 13.6. The van der Waals surface area contributed by atoms with E-state index in [0.29, 0.717) is 13.2 Å². The number of nitrogens with zero attached hydrogens (tertiary/aromatic N) is 1. The molecule has 0 amide bonds. The number of esters is 1. The minimum Gasteiger partial charge on any atom is -0.491 e. The summed E-state index contributed by atoms with van der Waals surface area (Å²) in [5.74, 6) is 0.594. The van der Waals surface area contributed by atoms with Crippen LogP contribution in [0, 0.1) is 0 Å². The summed E-state index contributed by atoms with van der Waals surface area (Å²) < 4.78 is 16.2. The molecule has 0 N–H and O–H groups in total. The molecule has 0 aliphatic carbocycles. The van der Waals surface area contributed by atoms with Crippen molar-refractivity contribution < 1.29 is 19.0 Å². The molecule has 0 aromatic heterocycles. The van der Waals surface area contributed by atoms with Crippen molar-refractivity contribution in [2.75, 3.05) is 44.9 Å². The number of anilines is 1. The molecule has 32 heavy (non-hydrogen) atoms. The molecule has 5 nitrogen and oxygen atoms in total. The van der Waals surface area contributed by atoms with Crippen molar-refractivity contribution in [3.63, 3.8) is 0 Å². The van der Waals surface area contributed by atoms with Gasteiger partial charge in [0.2, 0.25) is 0 Å². The molecule has 0 saturated carbocycles. The van der Waals surface area contributed by atoms with E-state index >= 15 is 0 Å². The molecule has 0 saturated heterocycles. The average molecular weight is 438 g/mol. The van der Waals surface area contributed by atoms with E-state index in [4.69, 9.17) is 14.2 Å². The first-order chi connectivity index (χ1) is 15.7. The highest BCUT2D eigenvalue weighted by atomic mass is 16.5. The maximum Gasteiger partial charge on any atom is 0.333 e. The van der Waals surface area contributed by atoms with Crippen molar-refractivity contribution in [3.8, 4) is 16.9 Å². The highest BCUT2D eigenvalue weighted by Crippen LogP contribution is 2.33. The molecule has 5 heteroatoms. The zero-order valence-corrected chi connectivity index (χ0v) is 19.6. The predicted molar refractivity (Wildman–Crippen MR) is 130 cm³/mol. The van der Waals surface area contributed by atoms with E-state index in [1.165, 1.54) is 12.8 Å². The Morgan fingerprint density at radius 2 is 1.75 bits per heavy atom. The predicted octanol–water partition coefficient (Wildman–Crippen LogP) is 5.73. The summed E-state index contributed by atoms with van der Waals surface area (Å²) in [6.45, 7) is 8.14. The molecule has 2 aromatic carbocycles. The lowest BCUT2D eigenvalue weighted by atomic mass is 9.97. The molecule has 0 spiro atoms. The smallest absolute Gasteiger partial charge is 0.333 e. The number of carbonyl (C=O) groups is 1. The van der Waals surface area contributed by atoms with Crippen LogP contribution in [-0.4, -0.2) is 46.0 Å². The van der Waals surface area contributed by atoms with Crippen LogP contribution in [0.1, 0.15) is 45.1 Å². The first kappa shape index (κ1) is 23.9. The third kappa shape index (κ3) is 6.36. The van der Waals surface area contributed by atoms with Gasteiger partial charge in [-0.25, -0.2) is 4.79 Å². The van der Waals surface area contributed by atoms with Gasteiger partial charge in [-0.2, -0.15) is 0 Å². The van der Waals surface area contributed by atoms with E-state index in [9.17, 15) is 4.79 Å². The molecule has 0 unspecified atom stereocenters. The van der Waals surface area contributed by atoms with Crippen LogP contribution in [0.25, 0.3) is 17.2 Å². The lowest BCUT2D eigenvalue weighted by Crippen LogP contribution is -2.27. The molecule has 0 atom stereocenters. The first-order valence-electron chi connectivity index (χ1n) is 11.6. The number of hydrogen-bond donors (Lipinski definition) is 0. The van der Waals surface area contributed by atoms with E-state index in [1.54, 1.807) is 0 Å². The van der Waals surface area contributed by atoms with E-state index < -0.39 is 0 Å². The molecule has 3 rings (SSSR count). The van der Waals surface area contributed by atoms with Crippen LogP contribution in [0.2, 0.25) is 0 Å². The fourth-order valence-electron chi connectivity index (χ4n) is 3.98. The van der Waals surface area contributed by atoms with Crippen molar-refractivity contribution >= 4 is 17.7 Å². The van der Waals surface area contributed by atoms with Gasteiger partial charge in [0.25, 0.3) is 0 Å². The van der Waals surface area contributed by atoms with Crippen molar-refractivity contribution in [1.82, 2.24) is 0 Å². The second kappa shape index (κ2) is 12.3. The van der Waals surface area contributed by atoms with Crippen molar-refractivity contribution in [2.45, 2.75) is 39.5 Å². The second-order valence-electron chi connectivity index (χ2n) is 8.01. The van der Waals surface area contributed by atoms with Crippen molar-refractivity contribution in [2.24, 2.45) is 0 Å². The van der Waals surface area contributed by atoms with Gasteiger partial charge in [0.05, 0.1) is 13.7 Å².